The number of anilines is 1. The molecule has 1 aliphatic carbocycles. The summed E-state index contributed by atoms with van der Waals surface area (Å²) >= 11 is 0. The summed E-state index contributed by atoms with van der Waals surface area (Å²) in [4.78, 5) is 23.9. The Balaban J connectivity index is 1.95. The minimum Gasteiger partial charge on any atom is -0.433 e. The maximum atomic E-state index is 12.4. The molecule has 130 valence electrons. The molecule has 2 rings (SSSR count). The van der Waals surface area contributed by atoms with Crippen LogP contribution in [-0.4, -0.2) is 25.0 Å². The van der Waals surface area contributed by atoms with Crippen molar-refractivity contribution in [1.82, 2.24) is 5.32 Å². The fourth-order valence-electron chi connectivity index (χ4n) is 2.52. The van der Waals surface area contributed by atoms with Gasteiger partial charge in [0.25, 0.3) is 0 Å². The monoisotopic (exact) mass is 338 g/mol. The quantitative estimate of drug-likeness (QED) is 0.641. The molecule has 5 nitrogen and oxygen atoms in total. The molecule has 0 aliphatic heterocycles. The second-order valence-electron chi connectivity index (χ2n) is 5.64. The van der Waals surface area contributed by atoms with E-state index in [9.17, 15) is 18.4 Å². The second kappa shape index (κ2) is 8.42. The first-order valence-electron chi connectivity index (χ1n) is 7.76. The first kappa shape index (κ1) is 17.9. The highest BCUT2D eigenvalue weighted by molar-refractivity contribution is 6.39. The standard InChI is InChI=1S/C17H20F2N2O3/c1-11-6-5-9-13(24-17(18)19)14(11)21-16(23)15(22)20-10-12-7-3-2-4-8-12/h2-3,5-6,9,12,17H,4,7-8,10H2,1H3,(H,20,22)(H,21,23). The van der Waals surface area contributed by atoms with Gasteiger partial charge in [0.2, 0.25) is 0 Å². The number of benzene rings is 1. The number of aryl methyl sites for hydroxylation is 1. The topological polar surface area (TPSA) is 67.4 Å². The van der Waals surface area contributed by atoms with Crippen molar-refractivity contribution in [2.75, 3.05) is 11.9 Å². The van der Waals surface area contributed by atoms with E-state index in [4.69, 9.17) is 0 Å². The van der Waals surface area contributed by atoms with Gasteiger partial charge in [-0.15, -0.1) is 0 Å². The van der Waals surface area contributed by atoms with Crippen molar-refractivity contribution in [3.63, 3.8) is 0 Å². The summed E-state index contributed by atoms with van der Waals surface area (Å²) in [5.74, 6) is -1.57. The molecule has 0 radical (unpaired) electrons. The largest absolute Gasteiger partial charge is 0.433 e. The van der Waals surface area contributed by atoms with Crippen molar-refractivity contribution in [3.8, 4) is 5.75 Å². The van der Waals surface area contributed by atoms with Crippen LogP contribution in [0.1, 0.15) is 24.8 Å². The number of alkyl halides is 2. The van der Waals surface area contributed by atoms with Crippen LogP contribution in [0, 0.1) is 12.8 Å². The molecule has 0 saturated carbocycles. The van der Waals surface area contributed by atoms with Gasteiger partial charge in [0.05, 0.1) is 5.69 Å². The lowest BCUT2D eigenvalue weighted by atomic mass is 9.94. The number of hydrogen-bond acceptors (Lipinski definition) is 3. The number of amides is 2. The summed E-state index contributed by atoms with van der Waals surface area (Å²) in [5, 5.41) is 4.93. The molecule has 1 aromatic carbocycles. The van der Waals surface area contributed by atoms with E-state index in [1.807, 2.05) is 0 Å². The van der Waals surface area contributed by atoms with Crippen LogP contribution in [0.15, 0.2) is 30.4 Å². The molecule has 0 spiro atoms. The lowest BCUT2D eigenvalue weighted by Crippen LogP contribution is -2.38. The van der Waals surface area contributed by atoms with Crippen LogP contribution >= 0.6 is 0 Å². The van der Waals surface area contributed by atoms with Crippen LogP contribution in [0.3, 0.4) is 0 Å². The lowest BCUT2D eigenvalue weighted by molar-refractivity contribution is -0.136. The number of allylic oxidation sites excluding steroid dienone is 2. The van der Waals surface area contributed by atoms with Crippen molar-refractivity contribution in [2.24, 2.45) is 5.92 Å². The molecular weight excluding hydrogens is 318 g/mol. The number of carbonyl (C=O) groups excluding carboxylic acids is 2. The van der Waals surface area contributed by atoms with Gasteiger partial charge in [-0.2, -0.15) is 8.78 Å². The van der Waals surface area contributed by atoms with Gasteiger partial charge < -0.3 is 15.4 Å². The Hall–Kier alpha value is -2.44. The number of carbonyl (C=O) groups is 2. The van der Waals surface area contributed by atoms with Crippen molar-refractivity contribution in [3.05, 3.63) is 35.9 Å². The van der Waals surface area contributed by atoms with E-state index in [-0.39, 0.29) is 11.4 Å². The third-order valence-electron chi connectivity index (χ3n) is 3.82. The Morgan fingerprint density at radius 1 is 1.29 bits per heavy atom. The number of rotatable bonds is 5. The summed E-state index contributed by atoms with van der Waals surface area (Å²) in [6.45, 7) is -0.985. The molecule has 1 atom stereocenters. The third kappa shape index (κ3) is 5.04. The van der Waals surface area contributed by atoms with Gasteiger partial charge >= 0.3 is 18.4 Å². The molecule has 1 unspecified atom stereocenters. The lowest BCUT2D eigenvalue weighted by Gasteiger charge is -2.18. The number of hydrogen-bond donors (Lipinski definition) is 2. The van der Waals surface area contributed by atoms with Crippen molar-refractivity contribution < 1.29 is 23.1 Å². The summed E-state index contributed by atoms with van der Waals surface area (Å²) in [5.41, 5.74) is 0.588. The molecule has 24 heavy (non-hydrogen) atoms. The molecule has 7 heteroatoms. The van der Waals surface area contributed by atoms with E-state index >= 15 is 0 Å². The number of nitrogens with one attached hydrogen (secondary N) is 2. The summed E-state index contributed by atoms with van der Waals surface area (Å²) < 4.78 is 29.2. The molecule has 0 aromatic heterocycles. The second-order valence-corrected chi connectivity index (χ2v) is 5.64. The summed E-state index contributed by atoms with van der Waals surface area (Å²) in [6.07, 6.45) is 6.94. The fraction of sp³-hybridized carbons (Fsp3) is 0.412. The van der Waals surface area contributed by atoms with Gasteiger partial charge in [-0.1, -0.05) is 24.3 Å². The fourth-order valence-corrected chi connectivity index (χ4v) is 2.52. The van der Waals surface area contributed by atoms with Gasteiger partial charge in [0, 0.05) is 6.54 Å². The number of para-hydroxylation sites is 1. The predicted octanol–water partition coefficient (Wildman–Crippen LogP) is 3.01. The van der Waals surface area contributed by atoms with Gasteiger partial charge in [0.15, 0.2) is 0 Å². The molecule has 1 aromatic rings. The van der Waals surface area contributed by atoms with E-state index in [0.717, 1.165) is 19.3 Å². The van der Waals surface area contributed by atoms with Crippen LogP contribution in [0.2, 0.25) is 0 Å². The maximum Gasteiger partial charge on any atom is 0.387 e. The van der Waals surface area contributed by atoms with Gasteiger partial charge in [-0.05, 0) is 43.7 Å². The summed E-state index contributed by atoms with van der Waals surface area (Å²) in [7, 11) is 0. The highest BCUT2D eigenvalue weighted by Crippen LogP contribution is 2.29. The van der Waals surface area contributed by atoms with E-state index in [2.05, 4.69) is 27.5 Å². The molecule has 2 N–H and O–H groups in total. The molecule has 0 saturated heterocycles. The smallest absolute Gasteiger partial charge is 0.387 e. The van der Waals surface area contributed by atoms with E-state index < -0.39 is 18.4 Å². The van der Waals surface area contributed by atoms with Crippen molar-refractivity contribution in [2.45, 2.75) is 32.8 Å². The minimum absolute atomic E-state index is 0.0681. The average molecular weight is 338 g/mol. The zero-order valence-electron chi connectivity index (χ0n) is 13.4. The molecule has 2 amide bonds. The van der Waals surface area contributed by atoms with Gasteiger partial charge in [0.1, 0.15) is 5.75 Å². The van der Waals surface area contributed by atoms with Crippen LogP contribution in [0.4, 0.5) is 14.5 Å². The third-order valence-corrected chi connectivity index (χ3v) is 3.82. The molecule has 1 aliphatic rings. The van der Waals surface area contributed by atoms with Crippen LogP contribution in [0.5, 0.6) is 5.75 Å². The Labute approximate surface area is 139 Å². The molecule has 0 heterocycles. The number of halogens is 2. The number of ether oxygens (including phenoxy) is 1. The predicted molar refractivity (Wildman–Crippen MR) is 85.9 cm³/mol. The normalized spacial score (nSPS) is 16.8. The minimum atomic E-state index is -3.02. The van der Waals surface area contributed by atoms with Crippen LogP contribution < -0.4 is 15.4 Å². The highest BCUT2D eigenvalue weighted by atomic mass is 19.3. The zero-order valence-corrected chi connectivity index (χ0v) is 13.4. The Morgan fingerprint density at radius 2 is 2.08 bits per heavy atom. The van der Waals surface area contributed by atoms with E-state index in [0.29, 0.717) is 18.0 Å². The average Bonchev–Trinajstić information content (AvgIpc) is 2.56. The van der Waals surface area contributed by atoms with Gasteiger partial charge in [-0.3, -0.25) is 9.59 Å². The first-order chi connectivity index (χ1) is 11.5. The molecular formula is C17H20F2N2O3. The molecule has 0 bridgehead atoms. The van der Waals surface area contributed by atoms with E-state index in [1.54, 1.807) is 13.0 Å². The Bertz CT molecular complexity index is 632. The van der Waals surface area contributed by atoms with Crippen molar-refractivity contribution >= 4 is 17.5 Å². The Kier molecular flexibility index (Phi) is 6.28. The van der Waals surface area contributed by atoms with Gasteiger partial charge in [-0.25, -0.2) is 0 Å². The Morgan fingerprint density at radius 3 is 2.75 bits per heavy atom. The maximum absolute atomic E-state index is 12.4. The van der Waals surface area contributed by atoms with Crippen LogP contribution in [-0.2, 0) is 9.59 Å². The van der Waals surface area contributed by atoms with E-state index in [1.165, 1.54) is 12.1 Å². The highest BCUT2D eigenvalue weighted by Gasteiger charge is 2.20. The van der Waals surface area contributed by atoms with Crippen LogP contribution in [0.25, 0.3) is 0 Å². The summed E-state index contributed by atoms with van der Waals surface area (Å²) in [6, 6.07) is 4.46. The SMILES string of the molecule is Cc1cccc(OC(F)F)c1NC(=O)C(=O)NCC1CC=CCC1. The first-order valence-corrected chi connectivity index (χ1v) is 7.76. The zero-order chi connectivity index (χ0) is 17.5. The molecule has 0 fully saturated rings. The van der Waals surface area contributed by atoms with Crippen molar-refractivity contribution in [1.29, 1.82) is 0 Å².